The molecule has 134 valence electrons. The van der Waals surface area contributed by atoms with Crippen molar-refractivity contribution in [2.45, 2.75) is 90.9 Å². The fourth-order valence-corrected chi connectivity index (χ4v) is 2.44. The number of hydrogen-bond donors (Lipinski definition) is 0. The Hall–Kier alpha value is -1.19. The van der Waals surface area contributed by atoms with E-state index in [2.05, 4.69) is 6.92 Å². The number of Topliss-reactive ketones (excluding diaryl/α,β-unsaturated/α-hetero) is 1. The molecule has 0 N–H and O–H groups in total. The standard InChI is InChI=1S/C19H34O4/c1-3-5-7-8-9-10-11-12-13-14-18(21)17(16-20)19(22)23-15-6-4-2/h16-17H,3-15H2,1-2H3/t17-/m1/s1. The third kappa shape index (κ3) is 12.0. The van der Waals surface area contributed by atoms with Gasteiger partial charge in [0, 0.05) is 6.42 Å². The Morgan fingerprint density at radius 3 is 1.87 bits per heavy atom. The van der Waals surface area contributed by atoms with Crippen molar-refractivity contribution in [3.8, 4) is 0 Å². The van der Waals surface area contributed by atoms with Crippen LogP contribution in [-0.4, -0.2) is 24.6 Å². The van der Waals surface area contributed by atoms with E-state index in [1.54, 1.807) is 0 Å². The largest absolute Gasteiger partial charge is 0.465 e. The molecule has 0 saturated carbocycles. The quantitative estimate of drug-likeness (QED) is 0.179. The summed E-state index contributed by atoms with van der Waals surface area (Å²) in [6, 6.07) is 0. The van der Waals surface area contributed by atoms with Crippen LogP contribution in [0.15, 0.2) is 0 Å². The molecule has 0 aliphatic heterocycles. The Labute approximate surface area is 141 Å². The molecular formula is C19H34O4. The highest BCUT2D eigenvalue weighted by Gasteiger charge is 2.26. The molecular weight excluding hydrogens is 292 g/mol. The summed E-state index contributed by atoms with van der Waals surface area (Å²) in [4.78, 5) is 34.6. The first-order valence-corrected chi connectivity index (χ1v) is 9.32. The Morgan fingerprint density at radius 2 is 1.35 bits per heavy atom. The maximum absolute atomic E-state index is 11.9. The average Bonchev–Trinajstić information content (AvgIpc) is 2.54. The highest BCUT2D eigenvalue weighted by Crippen LogP contribution is 2.12. The van der Waals surface area contributed by atoms with Crippen molar-refractivity contribution in [3.63, 3.8) is 0 Å². The predicted molar refractivity (Wildman–Crippen MR) is 92.3 cm³/mol. The second-order valence-corrected chi connectivity index (χ2v) is 6.18. The molecule has 0 rings (SSSR count). The van der Waals surface area contributed by atoms with E-state index in [4.69, 9.17) is 4.74 Å². The van der Waals surface area contributed by atoms with Crippen molar-refractivity contribution in [2.24, 2.45) is 5.92 Å². The average molecular weight is 326 g/mol. The number of ketones is 1. The number of aldehydes is 1. The van der Waals surface area contributed by atoms with Gasteiger partial charge in [-0.2, -0.15) is 0 Å². The van der Waals surface area contributed by atoms with E-state index in [0.29, 0.717) is 12.7 Å². The van der Waals surface area contributed by atoms with Gasteiger partial charge >= 0.3 is 5.97 Å². The molecule has 0 aromatic rings. The summed E-state index contributed by atoms with van der Waals surface area (Å²) >= 11 is 0. The molecule has 0 aromatic heterocycles. The van der Waals surface area contributed by atoms with Gasteiger partial charge in [-0.3, -0.25) is 9.59 Å². The monoisotopic (exact) mass is 326 g/mol. The Bertz CT molecular complexity index is 325. The molecule has 0 aromatic carbocycles. The van der Waals surface area contributed by atoms with Crippen molar-refractivity contribution >= 4 is 18.0 Å². The van der Waals surface area contributed by atoms with E-state index in [9.17, 15) is 14.4 Å². The molecule has 4 nitrogen and oxygen atoms in total. The number of esters is 1. The molecule has 4 heteroatoms. The second-order valence-electron chi connectivity index (χ2n) is 6.18. The van der Waals surface area contributed by atoms with Gasteiger partial charge in [0.2, 0.25) is 0 Å². The van der Waals surface area contributed by atoms with Gasteiger partial charge in [0.15, 0.2) is 11.7 Å². The Kier molecular flexibility index (Phi) is 14.9. The van der Waals surface area contributed by atoms with Crippen LogP contribution in [0, 0.1) is 5.92 Å². The van der Waals surface area contributed by atoms with Crippen molar-refractivity contribution < 1.29 is 19.1 Å². The van der Waals surface area contributed by atoms with Gasteiger partial charge in [-0.1, -0.05) is 71.6 Å². The molecule has 0 heterocycles. The smallest absolute Gasteiger partial charge is 0.323 e. The van der Waals surface area contributed by atoms with E-state index in [1.165, 1.54) is 38.5 Å². The zero-order valence-electron chi connectivity index (χ0n) is 15.0. The van der Waals surface area contributed by atoms with Gasteiger partial charge in [0.25, 0.3) is 0 Å². The normalized spacial score (nSPS) is 11.9. The molecule has 0 unspecified atom stereocenters. The van der Waals surface area contributed by atoms with Crippen molar-refractivity contribution in [1.82, 2.24) is 0 Å². The van der Waals surface area contributed by atoms with Gasteiger partial charge < -0.3 is 9.53 Å². The molecule has 0 bridgehead atoms. The van der Waals surface area contributed by atoms with Crippen LogP contribution in [0.1, 0.15) is 90.9 Å². The van der Waals surface area contributed by atoms with Gasteiger partial charge in [0.1, 0.15) is 6.29 Å². The highest BCUT2D eigenvalue weighted by atomic mass is 16.5. The third-order valence-electron chi connectivity index (χ3n) is 4.01. The fourth-order valence-electron chi connectivity index (χ4n) is 2.44. The van der Waals surface area contributed by atoms with Crippen LogP contribution in [0.5, 0.6) is 0 Å². The maximum Gasteiger partial charge on any atom is 0.323 e. The van der Waals surface area contributed by atoms with E-state index < -0.39 is 11.9 Å². The lowest BCUT2D eigenvalue weighted by Crippen LogP contribution is -2.27. The number of carbonyl (C=O) groups is 3. The second kappa shape index (κ2) is 15.7. The SMILES string of the molecule is CCCCCCCCCCCC(=O)[C@@H](C=O)C(=O)OCCCC. The van der Waals surface area contributed by atoms with Gasteiger partial charge in [-0.05, 0) is 12.8 Å². The number of carbonyl (C=O) groups excluding carboxylic acids is 3. The summed E-state index contributed by atoms with van der Waals surface area (Å²) < 4.78 is 4.96. The molecule has 23 heavy (non-hydrogen) atoms. The number of unbranched alkanes of at least 4 members (excludes halogenated alkanes) is 9. The summed E-state index contributed by atoms with van der Waals surface area (Å²) in [6.45, 7) is 4.48. The van der Waals surface area contributed by atoms with Crippen LogP contribution >= 0.6 is 0 Å². The molecule has 0 aliphatic rings. The van der Waals surface area contributed by atoms with Crippen molar-refractivity contribution in [2.75, 3.05) is 6.61 Å². The molecule has 0 radical (unpaired) electrons. The molecule has 0 aliphatic carbocycles. The first-order chi connectivity index (χ1) is 11.2. The van der Waals surface area contributed by atoms with Crippen LogP contribution in [0.2, 0.25) is 0 Å². The topological polar surface area (TPSA) is 60.4 Å². The Morgan fingerprint density at radius 1 is 0.826 bits per heavy atom. The predicted octanol–water partition coefficient (Wildman–Crippen LogP) is 4.63. The van der Waals surface area contributed by atoms with Crippen molar-refractivity contribution in [3.05, 3.63) is 0 Å². The zero-order valence-corrected chi connectivity index (χ0v) is 15.0. The minimum atomic E-state index is -1.22. The number of rotatable bonds is 16. The summed E-state index contributed by atoms with van der Waals surface area (Å²) in [5, 5.41) is 0. The van der Waals surface area contributed by atoms with Crippen LogP contribution in [-0.2, 0) is 19.1 Å². The lowest BCUT2D eigenvalue weighted by atomic mass is 9.99. The van der Waals surface area contributed by atoms with Crippen LogP contribution in [0.4, 0.5) is 0 Å². The molecule has 0 amide bonds. The molecule has 0 saturated heterocycles. The van der Waals surface area contributed by atoms with Crippen LogP contribution < -0.4 is 0 Å². The molecule has 1 atom stereocenters. The van der Waals surface area contributed by atoms with E-state index >= 15 is 0 Å². The summed E-state index contributed by atoms with van der Waals surface area (Å²) in [5.74, 6) is -2.21. The fraction of sp³-hybridized carbons (Fsp3) is 0.842. The highest BCUT2D eigenvalue weighted by molar-refractivity contribution is 6.10. The van der Waals surface area contributed by atoms with Crippen LogP contribution in [0.3, 0.4) is 0 Å². The number of ether oxygens (including phenoxy) is 1. The van der Waals surface area contributed by atoms with Gasteiger partial charge in [-0.25, -0.2) is 0 Å². The summed E-state index contributed by atoms with van der Waals surface area (Å²) in [6.07, 6.45) is 12.9. The van der Waals surface area contributed by atoms with Crippen molar-refractivity contribution in [1.29, 1.82) is 0 Å². The maximum atomic E-state index is 11.9. The van der Waals surface area contributed by atoms with E-state index in [0.717, 1.165) is 32.1 Å². The third-order valence-corrected chi connectivity index (χ3v) is 4.01. The first kappa shape index (κ1) is 21.8. The Balaban J connectivity index is 3.72. The number of hydrogen-bond acceptors (Lipinski definition) is 4. The first-order valence-electron chi connectivity index (χ1n) is 9.32. The lowest BCUT2D eigenvalue weighted by molar-refractivity contribution is -0.153. The van der Waals surface area contributed by atoms with Crippen LogP contribution in [0.25, 0.3) is 0 Å². The van der Waals surface area contributed by atoms with Gasteiger partial charge in [-0.15, -0.1) is 0 Å². The minimum Gasteiger partial charge on any atom is -0.465 e. The minimum absolute atomic E-state index is 0.283. The van der Waals surface area contributed by atoms with E-state index in [-0.39, 0.29) is 12.4 Å². The summed E-state index contributed by atoms with van der Waals surface area (Å²) in [5.41, 5.74) is 0. The molecule has 0 spiro atoms. The molecule has 0 fully saturated rings. The summed E-state index contributed by atoms with van der Waals surface area (Å²) in [7, 11) is 0. The lowest BCUT2D eigenvalue weighted by Gasteiger charge is -2.09. The van der Waals surface area contributed by atoms with E-state index in [1.807, 2.05) is 6.92 Å². The zero-order chi connectivity index (χ0) is 17.3. The van der Waals surface area contributed by atoms with Gasteiger partial charge in [0.05, 0.1) is 6.61 Å².